The topological polar surface area (TPSA) is 46.2 Å². The lowest BCUT2D eigenvalue weighted by Gasteiger charge is -2.27. The van der Waals surface area contributed by atoms with E-state index in [2.05, 4.69) is 0 Å². The molecule has 0 fully saturated rings. The SMILES string of the molecule is CC(C)c1cc(C#CC(O)(C(F)(F)F)C(F)(F)F)ccc1N. The second-order valence-electron chi connectivity index (χ2n) is 4.95. The van der Waals surface area contributed by atoms with Gasteiger partial charge in [-0.1, -0.05) is 19.8 Å². The van der Waals surface area contributed by atoms with Gasteiger partial charge in [0.2, 0.25) is 0 Å². The van der Waals surface area contributed by atoms with Crippen LogP contribution in [0.3, 0.4) is 0 Å². The van der Waals surface area contributed by atoms with Crippen LogP contribution in [-0.4, -0.2) is 23.1 Å². The number of benzene rings is 1. The maximum absolute atomic E-state index is 12.5. The Morgan fingerprint density at radius 2 is 1.55 bits per heavy atom. The Morgan fingerprint density at radius 1 is 1.05 bits per heavy atom. The quantitative estimate of drug-likeness (QED) is 0.471. The predicted molar refractivity (Wildman–Crippen MR) is 68.9 cm³/mol. The van der Waals surface area contributed by atoms with Crippen LogP contribution in [0.25, 0.3) is 0 Å². The molecule has 0 spiro atoms. The predicted octanol–water partition coefficient (Wildman–Crippen LogP) is 3.60. The zero-order chi connectivity index (χ0) is 17.3. The van der Waals surface area contributed by atoms with E-state index in [1.807, 2.05) is 0 Å². The maximum atomic E-state index is 12.5. The van der Waals surface area contributed by atoms with E-state index in [0.29, 0.717) is 11.3 Å². The van der Waals surface area contributed by atoms with E-state index in [0.717, 1.165) is 5.92 Å². The third-order valence-electron chi connectivity index (χ3n) is 2.92. The molecule has 22 heavy (non-hydrogen) atoms. The Labute approximate surface area is 122 Å². The van der Waals surface area contributed by atoms with Crippen LogP contribution in [0.1, 0.15) is 30.9 Å². The smallest absolute Gasteiger partial charge is 0.398 e. The number of rotatable bonds is 1. The fourth-order valence-electron chi connectivity index (χ4n) is 1.62. The molecular weight excluding hydrogens is 312 g/mol. The van der Waals surface area contributed by atoms with Gasteiger partial charge < -0.3 is 10.8 Å². The first kappa shape index (κ1) is 18.2. The fraction of sp³-hybridized carbons (Fsp3) is 0.429. The van der Waals surface area contributed by atoms with E-state index in [-0.39, 0.29) is 11.5 Å². The van der Waals surface area contributed by atoms with Crippen LogP contribution in [0.5, 0.6) is 0 Å². The molecule has 0 aliphatic carbocycles. The van der Waals surface area contributed by atoms with Crippen LogP contribution in [0.2, 0.25) is 0 Å². The molecule has 2 nitrogen and oxygen atoms in total. The molecule has 0 unspecified atom stereocenters. The summed E-state index contributed by atoms with van der Waals surface area (Å²) < 4.78 is 74.9. The summed E-state index contributed by atoms with van der Waals surface area (Å²) in [5, 5.41) is 8.93. The van der Waals surface area contributed by atoms with Gasteiger partial charge >= 0.3 is 18.0 Å². The van der Waals surface area contributed by atoms with Gasteiger partial charge in [-0.2, -0.15) is 26.3 Å². The maximum Gasteiger partial charge on any atom is 0.438 e. The van der Waals surface area contributed by atoms with Gasteiger partial charge in [0.05, 0.1) is 0 Å². The minimum absolute atomic E-state index is 0.0918. The van der Waals surface area contributed by atoms with Crippen LogP contribution in [0, 0.1) is 11.8 Å². The number of alkyl halides is 6. The number of anilines is 1. The molecule has 0 saturated heterocycles. The Bertz CT molecular complexity index is 592. The minimum atomic E-state index is -5.97. The van der Waals surface area contributed by atoms with E-state index in [4.69, 9.17) is 10.8 Å². The van der Waals surface area contributed by atoms with Crippen molar-refractivity contribution in [2.75, 3.05) is 5.73 Å². The molecule has 0 aliphatic heterocycles. The number of nitrogen functional groups attached to an aromatic ring is 1. The van der Waals surface area contributed by atoms with E-state index in [1.54, 1.807) is 19.8 Å². The van der Waals surface area contributed by atoms with Crippen molar-refractivity contribution >= 4 is 5.69 Å². The van der Waals surface area contributed by atoms with Crippen molar-refractivity contribution in [3.05, 3.63) is 29.3 Å². The van der Waals surface area contributed by atoms with Gasteiger partial charge in [-0.05, 0) is 35.6 Å². The minimum Gasteiger partial charge on any atom is -0.398 e. The monoisotopic (exact) mass is 325 g/mol. The Balaban J connectivity index is 3.35. The molecule has 0 saturated carbocycles. The first-order valence-electron chi connectivity index (χ1n) is 6.08. The van der Waals surface area contributed by atoms with Gasteiger partial charge in [0.25, 0.3) is 0 Å². The van der Waals surface area contributed by atoms with Crippen molar-refractivity contribution in [3.8, 4) is 11.8 Å². The summed E-state index contributed by atoms with van der Waals surface area (Å²) in [6.07, 6.45) is -11.9. The van der Waals surface area contributed by atoms with Crippen LogP contribution >= 0.6 is 0 Å². The number of hydrogen-bond donors (Lipinski definition) is 2. The summed E-state index contributed by atoms with van der Waals surface area (Å²) in [4.78, 5) is 0. The van der Waals surface area contributed by atoms with Crippen LogP contribution in [0.4, 0.5) is 32.0 Å². The first-order chi connectivity index (χ1) is 9.79. The zero-order valence-corrected chi connectivity index (χ0v) is 11.6. The van der Waals surface area contributed by atoms with E-state index in [9.17, 15) is 26.3 Å². The summed E-state index contributed by atoms with van der Waals surface area (Å²) >= 11 is 0. The molecule has 0 atom stereocenters. The van der Waals surface area contributed by atoms with Gasteiger partial charge in [-0.15, -0.1) is 0 Å². The first-order valence-corrected chi connectivity index (χ1v) is 6.08. The highest BCUT2D eigenvalue weighted by Crippen LogP contribution is 2.42. The highest BCUT2D eigenvalue weighted by Gasteiger charge is 2.70. The average molecular weight is 325 g/mol. The van der Waals surface area contributed by atoms with Gasteiger partial charge in [-0.25, -0.2) is 0 Å². The molecule has 3 N–H and O–H groups in total. The van der Waals surface area contributed by atoms with Crippen LogP contribution < -0.4 is 5.73 Å². The van der Waals surface area contributed by atoms with Crippen molar-refractivity contribution in [2.24, 2.45) is 0 Å². The van der Waals surface area contributed by atoms with Crippen LogP contribution in [0.15, 0.2) is 18.2 Å². The molecule has 0 aromatic heterocycles. The highest BCUT2D eigenvalue weighted by atomic mass is 19.4. The van der Waals surface area contributed by atoms with Gasteiger partial charge in [0.15, 0.2) is 0 Å². The van der Waals surface area contributed by atoms with Crippen molar-refractivity contribution in [3.63, 3.8) is 0 Å². The Morgan fingerprint density at radius 3 is 1.95 bits per heavy atom. The number of aliphatic hydroxyl groups is 1. The summed E-state index contributed by atoms with van der Waals surface area (Å²) in [5.41, 5.74) is 1.35. The Hall–Kier alpha value is -1.88. The molecule has 0 radical (unpaired) electrons. The van der Waals surface area contributed by atoms with Gasteiger partial charge in [-0.3, -0.25) is 0 Å². The summed E-state index contributed by atoms with van der Waals surface area (Å²) in [6, 6.07) is 3.81. The molecule has 1 rings (SSSR count). The number of nitrogens with two attached hydrogens (primary N) is 1. The molecule has 0 aliphatic rings. The summed E-state index contributed by atoms with van der Waals surface area (Å²) in [7, 11) is 0. The van der Waals surface area contributed by atoms with Crippen molar-refractivity contribution in [1.82, 2.24) is 0 Å². The highest BCUT2D eigenvalue weighted by molar-refractivity contribution is 5.53. The van der Waals surface area contributed by atoms with Crippen molar-refractivity contribution in [1.29, 1.82) is 0 Å². The lowest BCUT2D eigenvalue weighted by atomic mass is 9.98. The molecule has 0 amide bonds. The second-order valence-corrected chi connectivity index (χ2v) is 4.95. The molecule has 8 heteroatoms. The number of halogens is 6. The van der Waals surface area contributed by atoms with Gasteiger partial charge in [0.1, 0.15) is 0 Å². The second kappa shape index (κ2) is 5.72. The van der Waals surface area contributed by atoms with Gasteiger partial charge in [0, 0.05) is 11.3 Å². The molecule has 1 aromatic carbocycles. The molecule has 0 bridgehead atoms. The van der Waals surface area contributed by atoms with E-state index < -0.39 is 18.0 Å². The fourth-order valence-corrected chi connectivity index (χ4v) is 1.62. The molecular formula is C14H13F6NO. The number of hydrogen-bond acceptors (Lipinski definition) is 2. The third-order valence-corrected chi connectivity index (χ3v) is 2.92. The zero-order valence-electron chi connectivity index (χ0n) is 11.6. The summed E-state index contributed by atoms with van der Waals surface area (Å²) in [6.45, 7) is 3.51. The average Bonchev–Trinajstić information content (AvgIpc) is 2.34. The largest absolute Gasteiger partial charge is 0.438 e. The molecule has 0 heterocycles. The third kappa shape index (κ3) is 3.47. The Kier molecular flexibility index (Phi) is 4.73. The standard InChI is InChI=1S/C14H13F6NO/c1-8(2)10-7-9(3-4-11(10)21)5-6-12(22,13(15,16)17)14(18,19)20/h3-4,7-8,22H,21H2,1-2H3. The summed E-state index contributed by atoms with van der Waals surface area (Å²) in [5.74, 6) is 2.53. The molecule has 122 valence electrons. The van der Waals surface area contributed by atoms with E-state index in [1.165, 1.54) is 18.2 Å². The van der Waals surface area contributed by atoms with E-state index >= 15 is 0 Å². The van der Waals surface area contributed by atoms with Crippen LogP contribution in [-0.2, 0) is 0 Å². The normalized spacial score (nSPS) is 13.0. The molecule has 1 aromatic rings. The lowest BCUT2D eigenvalue weighted by molar-refractivity contribution is -0.343. The lowest BCUT2D eigenvalue weighted by Crippen LogP contribution is -2.55. The van der Waals surface area contributed by atoms with Crippen molar-refractivity contribution < 1.29 is 31.4 Å². The van der Waals surface area contributed by atoms with Crippen molar-refractivity contribution in [2.45, 2.75) is 37.7 Å².